The second-order valence-electron chi connectivity index (χ2n) is 3.55. The van der Waals surface area contributed by atoms with Crippen molar-refractivity contribution >= 4 is 17.7 Å². The summed E-state index contributed by atoms with van der Waals surface area (Å²) in [5.41, 5.74) is -0.741. The summed E-state index contributed by atoms with van der Waals surface area (Å²) in [4.78, 5) is 22.2. The second-order valence-corrected chi connectivity index (χ2v) is 3.55. The molecule has 19 heavy (non-hydrogen) atoms. The molecule has 0 fully saturated rings. The maximum Gasteiger partial charge on any atom is 0.353 e. The van der Waals surface area contributed by atoms with E-state index in [9.17, 15) is 18.4 Å². The van der Waals surface area contributed by atoms with Crippen molar-refractivity contribution < 1.29 is 23.5 Å². The summed E-state index contributed by atoms with van der Waals surface area (Å²) in [6, 6.07) is 3.48. The Kier molecular flexibility index (Phi) is 3.23. The highest BCUT2D eigenvalue weighted by Crippen LogP contribution is 2.12. The van der Waals surface area contributed by atoms with Crippen LogP contribution in [0.4, 0.5) is 14.6 Å². The van der Waals surface area contributed by atoms with Crippen molar-refractivity contribution in [2.75, 3.05) is 5.32 Å². The van der Waals surface area contributed by atoms with E-state index in [0.717, 1.165) is 24.3 Å². The van der Waals surface area contributed by atoms with E-state index in [0.29, 0.717) is 0 Å². The van der Waals surface area contributed by atoms with Gasteiger partial charge in [-0.15, -0.1) is 0 Å². The quantitative estimate of drug-likeness (QED) is 0.787. The SMILES string of the molecule is O=C(O)c1cc(NC(=O)c2cc(F)ccc2F)n[nH]1. The van der Waals surface area contributed by atoms with E-state index in [1.807, 2.05) is 0 Å². The first-order valence-electron chi connectivity index (χ1n) is 5.02. The monoisotopic (exact) mass is 267 g/mol. The third-order valence-corrected chi connectivity index (χ3v) is 2.22. The Morgan fingerprint density at radius 3 is 2.63 bits per heavy atom. The Bertz CT molecular complexity index is 654. The Balaban J connectivity index is 2.20. The van der Waals surface area contributed by atoms with Crippen molar-refractivity contribution in [2.45, 2.75) is 0 Å². The molecule has 0 unspecified atom stereocenters. The molecule has 8 heteroatoms. The number of hydrogen-bond acceptors (Lipinski definition) is 3. The first kappa shape index (κ1) is 12.7. The van der Waals surface area contributed by atoms with Gasteiger partial charge < -0.3 is 10.4 Å². The smallest absolute Gasteiger partial charge is 0.353 e. The molecule has 6 nitrogen and oxygen atoms in total. The lowest BCUT2D eigenvalue weighted by atomic mass is 10.2. The molecule has 98 valence electrons. The first-order chi connectivity index (χ1) is 8.97. The summed E-state index contributed by atoms with van der Waals surface area (Å²) in [6.07, 6.45) is 0. The summed E-state index contributed by atoms with van der Waals surface area (Å²) in [7, 11) is 0. The van der Waals surface area contributed by atoms with Gasteiger partial charge in [0.05, 0.1) is 5.56 Å². The number of hydrogen-bond donors (Lipinski definition) is 3. The van der Waals surface area contributed by atoms with Gasteiger partial charge in [-0.05, 0) is 18.2 Å². The number of carbonyl (C=O) groups is 2. The number of carbonyl (C=O) groups excluding carboxylic acids is 1. The molecule has 0 saturated heterocycles. The molecule has 0 radical (unpaired) electrons. The highest BCUT2D eigenvalue weighted by molar-refractivity contribution is 6.04. The average molecular weight is 267 g/mol. The van der Waals surface area contributed by atoms with Crippen LogP contribution >= 0.6 is 0 Å². The van der Waals surface area contributed by atoms with E-state index < -0.39 is 29.1 Å². The van der Waals surface area contributed by atoms with Crippen LogP contribution in [-0.2, 0) is 0 Å². The van der Waals surface area contributed by atoms with Crippen LogP contribution in [0.25, 0.3) is 0 Å². The van der Waals surface area contributed by atoms with E-state index in [4.69, 9.17) is 5.11 Å². The predicted octanol–water partition coefficient (Wildman–Crippen LogP) is 1.64. The average Bonchev–Trinajstić information content (AvgIpc) is 2.80. The molecule has 0 aliphatic heterocycles. The first-order valence-corrected chi connectivity index (χ1v) is 5.02. The molecule has 0 atom stereocenters. The van der Waals surface area contributed by atoms with Gasteiger partial charge in [-0.1, -0.05) is 0 Å². The number of rotatable bonds is 3. The Hall–Kier alpha value is -2.77. The van der Waals surface area contributed by atoms with Gasteiger partial charge in [-0.2, -0.15) is 5.10 Å². The van der Waals surface area contributed by atoms with E-state index >= 15 is 0 Å². The molecule has 0 aliphatic carbocycles. The Morgan fingerprint density at radius 1 is 1.26 bits per heavy atom. The third-order valence-electron chi connectivity index (χ3n) is 2.22. The molecule has 2 rings (SSSR count). The van der Waals surface area contributed by atoms with E-state index in [-0.39, 0.29) is 11.5 Å². The van der Waals surface area contributed by atoms with Gasteiger partial charge in [0.1, 0.15) is 17.3 Å². The number of nitrogens with zero attached hydrogens (tertiary/aromatic N) is 1. The van der Waals surface area contributed by atoms with Crippen LogP contribution in [0.1, 0.15) is 20.8 Å². The van der Waals surface area contributed by atoms with Crippen molar-refractivity contribution in [3.63, 3.8) is 0 Å². The number of nitrogens with one attached hydrogen (secondary N) is 2. The van der Waals surface area contributed by atoms with Gasteiger partial charge in [-0.25, -0.2) is 13.6 Å². The van der Waals surface area contributed by atoms with Crippen molar-refractivity contribution in [3.05, 3.63) is 47.2 Å². The molecule has 0 spiro atoms. The number of H-pyrrole nitrogens is 1. The molecule has 1 heterocycles. The molecule has 2 aromatic rings. The van der Waals surface area contributed by atoms with Crippen LogP contribution in [0, 0.1) is 11.6 Å². The number of carboxylic acid groups (broad SMARTS) is 1. The van der Waals surface area contributed by atoms with Gasteiger partial charge in [-0.3, -0.25) is 9.89 Å². The number of aromatic amines is 1. The van der Waals surface area contributed by atoms with E-state index in [1.54, 1.807) is 0 Å². The standard InChI is InChI=1S/C11H7F2N3O3/c12-5-1-2-7(13)6(3-5)10(17)14-9-4-8(11(18)19)15-16-9/h1-4H,(H,18,19)(H2,14,15,16,17). The molecule has 0 saturated carbocycles. The fourth-order valence-electron chi connectivity index (χ4n) is 1.35. The van der Waals surface area contributed by atoms with Crippen LogP contribution in [0.5, 0.6) is 0 Å². The highest BCUT2D eigenvalue weighted by Gasteiger charge is 2.15. The fourth-order valence-corrected chi connectivity index (χ4v) is 1.35. The van der Waals surface area contributed by atoms with Gasteiger partial charge in [0.2, 0.25) is 0 Å². The van der Waals surface area contributed by atoms with Crippen LogP contribution in [0.3, 0.4) is 0 Å². The minimum Gasteiger partial charge on any atom is -0.477 e. The van der Waals surface area contributed by atoms with Crippen LogP contribution in [0.15, 0.2) is 24.3 Å². The maximum absolute atomic E-state index is 13.3. The van der Waals surface area contributed by atoms with Crippen LogP contribution in [0.2, 0.25) is 0 Å². The number of carboxylic acids is 1. The van der Waals surface area contributed by atoms with Crippen molar-refractivity contribution in [1.29, 1.82) is 0 Å². The molecule has 0 bridgehead atoms. The molecular weight excluding hydrogens is 260 g/mol. The summed E-state index contributed by atoms with van der Waals surface area (Å²) in [5.74, 6) is -3.95. The summed E-state index contributed by atoms with van der Waals surface area (Å²) < 4.78 is 26.2. The van der Waals surface area contributed by atoms with Crippen molar-refractivity contribution in [1.82, 2.24) is 10.2 Å². The minimum absolute atomic E-state index is 0.105. The minimum atomic E-state index is -1.26. The number of aromatic carboxylic acids is 1. The number of benzene rings is 1. The van der Waals surface area contributed by atoms with Gasteiger partial charge in [0.25, 0.3) is 5.91 Å². The number of aromatic nitrogens is 2. The third kappa shape index (κ3) is 2.73. The summed E-state index contributed by atoms with van der Waals surface area (Å²) >= 11 is 0. The van der Waals surface area contributed by atoms with Crippen molar-refractivity contribution in [2.24, 2.45) is 0 Å². The lowest BCUT2D eigenvalue weighted by Gasteiger charge is -2.03. The second kappa shape index (κ2) is 4.84. The zero-order chi connectivity index (χ0) is 14.0. The largest absolute Gasteiger partial charge is 0.477 e. The molecule has 0 aliphatic rings. The zero-order valence-electron chi connectivity index (χ0n) is 9.28. The predicted molar refractivity (Wildman–Crippen MR) is 59.9 cm³/mol. The molecule has 1 aromatic carbocycles. The van der Waals surface area contributed by atoms with Gasteiger partial charge in [0, 0.05) is 6.07 Å². The molecule has 3 N–H and O–H groups in total. The molecule has 1 aromatic heterocycles. The lowest BCUT2D eigenvalue weighted by Crippen LogP contribution is -2.14. The fraction of sp³-hybridized carbons (Fsp3) is 0. The van der Waals surface area contributed by atoms with E-state index in [1.165, 1.54) is 0 Å². The number of halogens is 2. The zero-order valence-corrected chi connectivity index (χ0v) is 9.28. The maximum atomic E-state index is 13.3. The number of amides is 1. The normalized spacial score (nSPS) is 10.2. The summed E-state index contributed by atoms with van der Waals surface area (Å²) in [5, 5.41) is 16.4. The number of anilines is 1. The topological polar surface area (TPSA) is 95.1 Å². The van der Waals surface area contributed by atoms with Gasteiger partial charge >= 0.3 is 5.97 Å². The molecular formula is C11H7F2N3O3. The lowest BCUT2D eigenvalue weighted by molar-refractivity contribution is 0.0690. The van der Waals surface area contributed by atoms with E-state index in [2.05, 4.69) is 15.5 Å². The summed E-state index contributed by atoms with van der Waals surface area (Å²) in [6.45, 7) is 0. The van der Waals surface area contributed by atoms with Gasteiger partial charge in [0.15, 0.2) is 5.82 Å². The van der Waals surface area contributed by atoms with Crippen LogP contribution in [-0.4, -0.2) is 27.2 Å². The Labute approximate surface area is 105 Å². The Morgan fingerprint density at radius 2 is 2.00 bits per heavy atom. The van der Waals surface area contributed by atoms with Crippen LogP contribution < -0.4 is 5.32 Å². The highest BCUT2D eigenvalue weighted by atomic mass is 19.1. The van der Waals surface area contributed by atoms with Crippen molar-refractivity contribution in [3.8, 4) is 0 Å². The molecule has 1 amide bonds.